The first-order valence-corrected chi connectivity index (χ1v) is 11.7. The first-order chi connectivity index (χ1) is 14.4. The largest absolute Gasteiger partial charge is 0.489 e. The SMILES string of the molecule is C=CCOc1cccc(NC(=O)C2CCN(S(=O)(=O)Cc3ccc(C)cc3)CC2)c1. The second-order valence-electron chi connectivity index (χ2n) is 7.53. The minimum atomic E-state index is -3.39. The highest BCUT2D eigenvalue weighted by molar-refractivity contribution is 7.88. The summed E-state index contributed by atoms with van der Waals surface area (Å²) >= 11 is 0. The number of nitrogens with zero attached hydrogens (tertiary/aromatic N) is 1. The molecule has 2 aromatic rings. The maximum absolute atomic E-state index is 12.7. The van der Waals surface area contributed by atoms with E-state index in [0.717, 1.165) is 11.1 Å². The van der Waals surface area contributed by atoms with Gasteiger partial charge in [0.15, 0.2) is 0 Å². The van der Waals surface area contributed by atoms with Gasteiger partial charge in [-0.2, -0.15) is 0 Å². The molecular formula is C23H28N2O4S. The molecule has 1 aliphatic rings. The standard InChI is InChI=1S/C23H28N2O4S/c1-3-15-29-22-6-4-5-21(16-22)24-23(26)20-11-13-25(14-12-20)30(27,28)17-19-9-7-18(2)8-10-19/h3-10,16,20H,1,11-15,17H2,2H3,(H,24,26). The van der Waals surface area contributed by atoms with Crippen LogP contribution in [0.3, 0.4) is 0 Å². The van der Waals surface area contributed by atoms with Crippen molar-refractivity contribution in [1.82, 2.24) is 4.31 Å². The third-order valence-corrected chi connectivity index (χ3v) is 7.01. The summed E-state index contributed by atoms with van der Waals surface area (Å²) in [5.74, 6) is 0.339. The average molecular weight is 429 g/mol. The van der Waals surface area contributed by atoms with Gasteiger partial charge >= 0.3 is 0 Å². The molecule has 2 aromatic carbocycles. The minimum Gasteiger partial charge on any atom is -0.489 e. The number of ether oxygens (including phenoxy) is 1. The number of hydrogen-bond acceptors (Lipinski definition) is 4. The zero-order valence-electron chi connectivity index (χ0n) is 17.2. The van der Waals surface area contributed by atoms with Crippen LogP contribution in [0.2, 0.25) is 0 Å². The van der Waals surface area contributed by atoms with Crippen molar-refractivity contribution in [3.05, 3.63) is 72.3 Å². The van der Waals surface area contributed by atoms with E-state index in [2.05, 4.69) is 11.9 Å². The van der Waals surface area contributed by atoms with Gasteiger partial charge in [-0.25, -0.2) is 12.7 Å². The van der Waals surface area contributed by atoms with Gasteiger partial charge in [-0.3, -0.25) is 4.79 Å². The maximum atomic E-state index is 12.7. The van der Waals surface area contributed by atoms with Crippen molar-refractivity contribution in [2.75, 3.05) is 25.0 Å². The quantitative estimate of drug-likeness (QED) is 0.650. The van der Waals surface area contributed by atoms with Crippen molar-refractivity contribution in [1.29, 1.82) is 0 Å². The van der Waals surface area contributed by atoms with Gasteiger partial charge in [0, 0.05) is 30.8 Å². The highest BCUT2D eigenvalue weighted by atomic mass is 32.2. The number of carbonyl (C=O) groups excluding carboxylic acids is 1. The molecule has 0 radical (unpaired) electrons. The molecule has 6 nitrogen and oxygen atoms in total. The third kappa shape index (κ3) is 5.93. The number of rotatable bonds is 8. The number of hydrogen-bond donors (Lipinski definition) is 1. The predicted octanol–water partition coefficient (Wildman–Crippen LogP) is 3.74. The molecule has 1 amide bonds. The average Bonchev–Trinajstić information content (AvgIpc) is 2.74. The molecular weight excluding hydrogens is 400 g/mol. The van der Waals surface area contributed by atoms with Crippen LogP contribution >= 0.6 is 0 Å². The second kappa shape index (κ2) is 9.91. The summed E-state index contributed by atoms with van der Waals surface area (Å²) in [6.07, 6.45) is 2.67. The number of nitrogens with one attached hydrogen (secondary N) is 1. The lowest BCUT2D eigenvalue weighted by Gasteiger charge is -2.30. The zero-order valence-corrected chi connectivity index (χ0v) is 18.0. The van der Waals surface area contributed by atoms with Gasteiger partial charge in [0.2, 0.25) is 15.9 Å². The summed E-state index contributed by atoms with van der Waals surface area (Å²) < 4.78 is 32.5. The van der Waals surface area contributed by atoms with Crippen molar-refractivity contribution in [2.45, 2.75) is 25.5 Å². The Morgan fingerprint density at radius 2 is 1.90 bits per heavy atom. The van der Waals surface area contributed by atoms with E-state index in [0.29, 0.717) is 44.0 Å². The maximum Gasteiger partial charge on any atom is 0.227 e. The predicted molar refractivity (Wildman–Crippen MR) is 119 cm³/mol. The van der Waals surface area contributed by atoms with Crippen molar-refractivity contribution in [2.24, 2.45) is 5.92 Å². The molecule has 0 spiro atoms. The van der Waals surface area contributed by atoms with E-state index < -0.39 is 10.0 Å². The number of sulfonamides is 1. The molecule has 1 saturated heterocycles. The molecule has 1 heterocycles. The number of carbonyl (C=O) groups is 1. The molecule has 0 unspecified atom stereocenters. The number of piperidine rings is 1. The van der Waals surface area contributed by atoms with Gasteiger partial charge in [-0.05, 0) is 37.5 Å². The van der Waals surface area contributed by atoms with E-state index in [1.165, 1.54) is 4.31 Å². The van der Waals surface area contributed by atoms with E-state index in [1.54, 1.807) is 18.2 Å². The fourth-order valence-electron chi connectivity index (χ4n) is 3.45. The fraction of sp³-hybridized carbons (Fsp3) is 0.348. The summed E-state index contributed by atoms with van der Waals surface area (Å²) in [5.41, 5.74) is 2.54. The van der Waals surface area contributed by atoms with E-state index >= 15 is 0 Å². The lowest BCUT2D eigenvalue weighted by molar-refractivity contribution is -0.120. The first kappa shape index (κ1) is 22.1. The number of aryl methyl sites for hydroxylation is 1. The van der Waals surface area contributed by atoms with Crippen molar-refractivity contribution in [3.8, 4) is 5.75 Å². The van der Waals surface area contributed by atoms with Crippen LogP contribution in [-0.4, -0.2) is 38.3 Å². The Hall–Kier alpha value is -2.64. The van der Waals surface area contributed by atoms with Gasteiger partial charge in [0.05, 0.1) is 5.75 Å². The first-order valence-electron chi connectivity index (χ1n) is 10.1. The van der Waals surface area contributed by atoms with Gasteiger partial charge in [0.25, 0.3) is 0 Å². The summed E-state index contributed by atoms with van der Waals surface area (Å²) in [6, 6.07) is 14.7. The molecule has 0 atom stereocenters. The van der Waals surface area contributed by atoms with Crippen LogP contribution in [0.25, 0.3) is 0 Å². The van der Waals surface area contributed by atoms with Crippen LogP contribution in [0.4, 0.5) is 5.69 Å². The molecule has 0 aromatic heterocycles. The highest BCUT2D eigenvalue weighted by Gasteiger charge is 2.31. The molecule has 0 saturated carbocycles. The second-order valence-corrected chi connectivity index (χ2v) is 9.50. The van der Waals surface area contributed by atoms with Crippen LogP contribution in [0.1, 0.15) is 24.0 Å². The summed E-state index contributed by atoms with van der Waals surface area (Å²) in [7, 11) is -3.39. The molecule has 0 bridgehead atoms. The normalized spacial score (nSPS) is 15.5. The van der Waals surface area contributed by atoms with Crippen molar-refractivity contribution in [3.63, 3.8) is 0 Å². The van der Waals surface area contributed by atoms with Crippen molar-refractivity contribution >= 4 is 21.6 Å². The van der Waals surface area contributed by atoms with Crippen LogP contribution in [-0.2, 0) is 20.6 Å². The van der Waals surface area contributed by atoms with Crippen LogP contribution in [0.5, 0.6) is 5.75 Å². The molecule has 30 heavy (non-hydrogen) atoms. The van der Waals surface area contributed by atoms with Gasteiger partial charge in [-0.1, -0.05) is 48.6 Å². The molecule has 7 heteroatoms. The van der Waals surface area contributed by atoms with E-state index in [-0.39, 0.29) is 17.6 Å². The Kier molecular flexibility index (Phi) is 7.29. The minimum absolute atomic E-state index is 0.0123. The van der Waals surface area contributed by atoms with E-state index in [9.17, 15) is 13.2 Å². The number of benzene rings is 2. The zero-order chi connectivity index (χ0) is 21.6. The summed E-state index contributed by atoms with van der Waals surface area (Å²) in [6.45, 7) is 6.69. The monoisotopic (exact) mass is 428 g/mol. The Labute approximate surface area is 178 Å². The fourth-order valence-corrected chi connectivity index (χ4v) is 5.01. The third-order valence-electron chi connectivity index (χ3n) is 5.16. The lowest BCUT2D eigenvalue weighted by Crippen LogP contribution is -2.41. The number of anilines is 1. The van der Waals surface area contributed by atoms with Crippen LogP contribution in [0, 0.1) is 12.8 Å². The Balaban J connectivity index is 1.53. The number of amides is 1. The molecule has 0 aliphatic carbocycles. The van der Waals surface area contributed by atoms with Gasteiger partial charge in [-0.15, -0.1) is 0 Å². The Bertz CT molecular complexity index is 979. The van der Waals surface area contributed by atoms with E-state index in [4.69, 9.17) is 4.74 Å². The lowest BCUT2D eigenvalue weighted by atomic mass is 9.97. The Morgan fingerprint density at radius 1 is 1.20 bits per heavy atom. The topological polar surface area (TPSA) is 75.7 Å². The summed E-state index contributed by atoms with van der Waals surface area (Å²) in [4.78, 5) is 12.6. The smallest absolute Gasteiger partial charge is 0.227 e. The van der Waals surface area contributed by atoms with Crippen LogP contribution in [0.15, 0.2) is 61.2 Å². The summed E-state index contributed by atoms with van der Waals surface area (Å²) in [5, 5.41) is 2.91. The molecule has 1 aliphatic heterocycles. The van der Waals surface area contributed by atoms with Gasteiger partial charge in [0.1, 0.15) is 12.4 Å². The molecule has 1 N–H and O–H groups in total. The highest BCUT2D eigenvalue weighted by Crippen LogP contribution is 2.24. The van der Waals surface area contributed by atoms with Crippen molar-refractivity contribution < 1.29 is 17.9 Å². The van der Waals surface area contributed by atoms with Crippen LogP contribution < -0.4 is 10.1 Å². The van der Waals surface area contributed by atoms with E-state index in [1.807, 2.05) is 43.3 Å². The molecule has 3 rings (SSSR count). The Morgan fingerprint density at radius 3 is 2.57 bits per heavy atom. The molecule has 1 fully saturated rings. The molecule has 160 valence electrons. The van der Waals surface area contributed by atoms with Gasteiger partial charge < -0.3 is 10.1 Å².